The van der Waals surface area contributed by atoms with E-state index in [1.807, 2.05) is 0 Å². The Bertz CT molecular complexity index is 1520. The van der Waals surface area contributed by atoms with Crippen LogP contribution in [-0.2, 0) is 47.4 Å². The number of rotatable bonds is 5. The van der Waals surface area contributed by atoms with E-state index >= 15 is 0 Å². The number of carbonyl (C=O) groups excluding carboxylic acids is 2. The summed E-state index contributed by atoms with van der Waals surface area (Å²) in [5.74, 6) is -0.659. The highest BCUT2D eigenvalue weighted by Crippen LogP contribution is 2.49. The number of ketones is 1. The number of aliphatic hydroxyl groups excluding tert-OH is 1. The van der Waals surface area contributed by atoms with Crippen LogP contribution in [0.5, 0.6) is 0 Å². The SMILES string of the molecule is C=C1C[C@@H]2CCC34CC[C@H](O3)[C@H]3C[C@@H](O4)[C@H]4O[C@H](CCC4O3)CC(=O)C[C@@H]3[C@@H](OC)[C@@H](C[C@H](O)CNC(=O)OC(C)(C)C)O[C@H]3C[C@H]3O[C@@H](CC[C@@H]1O2)C[C@@H](C)C3=C. The Balaban J connectivity index is 1.02. The molecule has 8 fully saturated rings. The van der Waals surface area contributed by atoms with Crippen LogP contribution >= 0.6 is 0 Å². The van der Waals surface area contributed by atoms with Crippen LogP contribution in [0.1, 0.15) is 124 Å². The van der Waals surface area contributed by atoms with Gasteiger partial charge in [0.25, 0.3) is 0 Å². The van der Waals surface area contributed by atoms with Crippen molar-refractivity contribution in [2.24, 2.45) is 11.8 Å². The third kappa shape index (κ3) is 9.58. The fourth-order valence-electron chi connectivity index (χ4n) is 11.3. The van der Waals surface area contributed by atoms with E-state index < -0.39 is 35.8 Å². The largest absolute Gasteiger partial charge is 0.444 e. The van der Waals surface area contributed by atoms with Crippen LogP contribution in [0, 0.1) is 11.8 Å². The summed E-state index contributed by atoms with van der Waals surface area (Å²) in [5.41, 5.74) is 1.51. The number of carbonyl (C=O) groups is 2. The molecule has 17 atom stereocenters. The minimum atomic E-state index is -0.925. The van der Waals surface area contributed by atoms with Gasteiger partial charge in [-0.2, -0.15) is 0 Å². The van der Waals surface area contributed by atoms with Crippen molar-refractivity contribution in [3.63, 3.8) is 0 Å². The van der Waals surface area contributed by atoms with E-state index in [0.29, 0.717) is 6.42 Å². The number of nitrogens with one attached hydrogen (secondary N) is 1. The molecule has 58 heavy (non-hydrogen) atoms. The van der Waals surface area contributed by atoms with E-state index in [0.717, 1.165) is 81.8 Å². The van der Waals surface area contributed by atoms with Crippen molar-refractivity contribution in [2.75, 3.05) is 13.7 Å². The van der Waals surface area contributed by atoms with Crippen molar-refractivity contribution in [2.45, 2.75) is 221 Å². The number of hydrogen-bond donors (Lipinski definition) is 2. The summed E-state index contributed by atoms with van der Waals surface area (Å²) in [4.78, 5) is 26.5. The first kappa shape index (κ1) is 42.7. The molecule has 1 amide bonds. The molecular formula is C45H69NO12. The average molecular weight is 816 g/mol. The predicted octanol–water partition coefficient (Wildman–Crippen LogP) is 6.02. The third-order valence-corrected chi connectivity index (χ3v) is 14.2. The third-order valence-electron chi connectivity index (χ3n) is 14.2. The molecule has 1 spiro atoms. The number of alkyl carbamates (subject to hydrolysis) is 1. The second-order valence-corrected chi connectivity index (χ2v) is 19.7. The fraction of sp³-hybridized carbons (Fsp3) is 0.867. The molecule has 0 aliphatic carbocycles. The van der Waals surface area contributed by atoms with Gasteiger partial charge < -0.3 is 53.1 Å². The van der Waals surface area contributed by atoms with Gasteiger partial charge in [0.2, 0.25) is 0 Å². The lowest BCUT2D eigenvalue weighted by Gasteiger charge is -2.47. The maximum atomic E-state index is 14.2. The summed E-state index contributed by atoms with van der Waals surface area (Å²) >= 11 is 0. The van der Waals surface area contributed by atoms with Gasteiger partial charge in [-0.15, -0.1) is 0 Å². The molecule has 10 bridgehead atoms. The second-order valence-electron chi connectivity index (χ2n) is 19.7. The van der Waals surface area contributed by atoms with Crippen LogP contribution in [0.25, 0.3) is 0 Å². The van der Waals surface area contributed by atoms with E-state index in [1.54, 1.807) is 27.9 Å². The molecule has 8 aliphatic heterocycles. The van der Waals surface area contributed by atoms with Crippen molar-refractivity contribution >= 4 is 11.9 Å². The molecule has 8 aliphatic rings. The van der Waals surface area contributed by atoms with E-state index in [-0.39, 0.29) is 111 Å². The smallest absolute Gasteiger partial charge is 0.407 e. The topological polar surface area (TPSA) is 149 Å². The van der Waals surface area contributed by atoms with Gasteiger partial charge in [0.1, 0.15) is 17.5 Å². The van der Waals surface area contributed by atoms with Gasteiger partial charge in [-0.3, -0.25) is 4.79 Å². The predicted molar refractivity (Wildman–Crippen MR) is 212 cm³/mol. The number of Topliss-reactive ketones (excluding diaryl/α,β-unsaturated/α-hetero) is 1. The summed E-state index contributed by atoms with van der Waals surface area (Å²) in [7, 11) is 1.63. The van der Waals surface area contributed by atoms with E-state index in [4.69, 9.17) is 42.6 Å². The van der Waals surface area contributed by atoms with Crippen LogP contribution in [0.4, 0.5) is 4.79 Å². The van der Waals surface area contributed by atoms with Crippen molar-refractivity contribution in [1.29, 1.82) is 0 Å². The fourth-order valence-corrected chi connectivity index (χ4v) is 11.3. The molecule has 0 radical (unpaired) electrons. The van der Waals surface area contributed by atoms with Gasteiger partial charge in [0.15, 0.2) is 5.79 Å². The lowest BCUT2D eigenvalue weighted by atomic mass is 9.81. The number of fused-ring (bicyclic) bond motifs is 9. The molecule has 0 aromatic carbocycles. The lowest BCUT2D eigenvalue weighted by Crippen LogP contribution is -2.56. The molecule has 2 N–H and O–H groups in total. The molecule has 0 aromatic heterocycles. The lowest BCUT2D eigenvalue weighted by molar-refractivity contribution is -0.276. The molecule has 13 heteroatoms. The van der Waals surface area contributed by atoms with Gasteiger partial charge in [-0.1, -0.05) is 20.1 Å². The molecule has 8 rings (SSSR count). The number of aliphatic hydroxyl groups is 1. The molecule has 0 aromatic rings. The Kier molecular flexibility index (Phi) is 12.8. The van der Waals surface area contributed by atoms with Gasteiger partial charge in [-0.25, -0.2) is 4.79 Å². The highest BCUT2D eigenvalue weighted by Gasteiger charge is 2.57. The van der Waals surface area contributed by atoms with Crippen LogP contribution in [0.2, 0.25) is 0 Å². The van der Waals surface area contributed by atoms with Crippen LogP contribution in [0.15, 0.2) is 24.3 Å². The Morgan fingerprint density at radius 2 is 1.57 bits per heavy atom. The molecule has 2 unspecified atom stereocenters. The highest BCUT2D eigenvalue weighted by molar-refractivity contribution is 5.79. The quantitative estimate of drug-likeness (QED) is 0.313. The van der Waals surface area contributed by atoms with Gasteiger partial charge >= 0.3 is 6.09 Å². The molecule has 326 valence electrons. The monoisotopic (exact) mass is 815 g/mol. The first-order chi connectivity index (χ1) is 27.6. The van der Waals surface area contributed by atoms with Crippen LogP contribution in [-0.4, -0.2) is 127 Å². The van der Waals surface area contributed by atoms with Gasteiger partial charge in [-0.05, 0) is 89.2 Å². The van der Waals surface area contributed by atoms with Crippen LogP contribution in [0.3, 0.4) is 0 Å². The zero-order valence-corrected chi connectivity index (χ0v) is 35.4. The second kappa shape index (κ2) is 17.4. The summed E-state index contributed by atoms with van der Waals surface area (Å²) in [6.45, 7) is 16.5. The van der Waals surface area contributed by atoms with E-state index in [9.17, 15) is 14.7 Å². The molecule has 13 nitrogen and oxygen atoms in total. The molecule has 0 saturated carbocycles. The zero-order valence-electron chi connectivity index (χ0n) is 35.4. The first-order valence-corrected chi connectivity index (χ1v) is 22.3. The summed E-state index contributed by atoms with van der Waals surface area (Å²) in [6.07, 6.45) is 6.21. The Morgan fingerprint density at radius 1 is 0.828 bits per heavy atom. The Morgan fingerprint density at radius 3 is 2.36 bits per heavy atom. The molecule has 8 heterocycles. The van der Waals surface area contributed by atoms with Crippen molar-refractivity contribution < 1.29 is 57.3 Å². The summed E-state index contributed by atoms with van der Waals surface area (Å²) < 4.78 is 59.0. The van der Waals surface area contributed by atoms with Gasteiger partial charge in [0, 0.05) is 64.5 Å². The number of methoxy groups -OCH3 is 1. The minimum absolute atomic E-state index is 0.00576. The zero-order chi connectivity index (χ0) is 40.9. The maximum absolute atomic E-state index is 14.2. The first-order valence-electron chi connectivity index (χ1n) is 22.3. The Labute approximate surface area is 344 Å². The summed E-state index contributed by atoms with van der Waals surface area (Å²) in [5, 5.41) is 13.8. The minimum Gasteiger partial charge on any atom is -0.444 e. The molecular weight excluding hydrogens is 746 g/mol. The number of ether oxygens (including phenoxy) is 9. The highest BCUT2D eigenvalue weighted by atomic mass is 16.7. The van der Waals surface area contributed by atoms with E-state index in [1.165, 1.54) is 0 Å². The summed E-state index contributed by atoms with van der Waals surface area (Å²) in [6, 6.07) is 0. The van der Waals surface area contributed by atoms with Crippen LogP contribution < -0.4 is 5.32 Å². The maximum Gasteiger partial charge on any atom is 0.407 e. The molecule has 8 saturated heterocycles. The average Bonchev–Trinajstić information content (AvgIpc) is 3.81. The standard InChI is InChI=1S/C45H69NO12/c1-24-16-29-8-10-33-25(2)17-31(51-33)12-14-45-15-13-34(56-45)38-22-40(57-45)42-35(54-38)11-9-30(53-42)18-27(47)19-32-37(21-36(52-29)26(24)3)55-39(41(32)50-7)20-28(48)23-46-43(49)58-44(4,5)6/h24,28-42,48H,2-3,8-23H2,1,4-7H3,(H,46,49)/t24-,28+,29+,30-,31+,32+,33+,34+,35?,36-,37+,38-,39-,40-,41-,42+,45?/m1/s1. The van der Waals surface area contributed by atoms with Crippen molar-refractivity contribution in [3.05, 3.63) is 24.3 Å². The number of amides is 1. The van der Waals surface area contributed by atoms with Gasteiger partial charge in [0.05, 0.1) is 79.4 Å². The van der Waals surface area contributed by atoms with Crippen molar-refractivity contribution in [1.82, 2.24) is 5.32 Å². The van der Waals surface area contributed by atoms with Crippen molar-refractivity contribution in [3.8, 4) is 0 Å². The number of hydrogen-bond acceptors (Lipinski definition) is 12. The normalized spacial score (nSPS) is 45.2. The van der Waals surface area contributed by atoms with E-state index in [2.05, 4.69) is 25.4 Å². The Hall–Kier alpha value is -1.94.